The van der Waals surface area contributed by atoms with Crippen molar-refractivity contribution in [3.05, 3.63) is 96.9 Å². The molecule has 8 nitrogen and oxygen atoms in total. The molecule has 1 saturated heterocycles. The Morgan fingerprint density at radius 3 is 2.61 bits per heavy atom. The Morgan fingerprint density at radius 2 is 1.94 bits per heavy atom. The molecule has 1 amide bonds. The number of pyridine rings is 1. The van der Waals surface area contributed by atoms with Crippen molar-refractivity contribution in [2.45, 2.75) is 19.0 Å². The third kappa shape index (κ3) is 4.69. The van der Waals surface area contributed by atoms with Gasteiger partial charge in [0.25, 0.3) is 11.7 Å². The molecule has 2 aromatic heterocycles. The number of aryl methyl sites for hydroxylation is 1. The Kier molecular flexibility index (Phi) is 6.64. The highest BCUT2D eigenvalue weighted by Crippen LogP contribution is 2.39. The second-order valence-corrected chi connectivity index (χ2v) is 7.56. The Morgan fingerprint density at radius 1 is 1.12 bits per heavy atom. The number of hydrogen-bond donors (Lipinski definition) is 1. The molecule has 1 aliphatic rings. The largest absolute Gasteiger partial charge is 0.507 e. The molecule has 0 aliphatic carbocycles. The summed E-state index contributed by atoms with van der Waals surface area (Å²) in [5.74, 6) is -0.970. The van der Waals surface area contributed by atoms with E-state index in [1.807, 2.05) is 10.8 Å². The van der Waals surface area contributed by atoms with Gasteiger partial charge in [0.05, 0.1) is 17.9 Å². The topological polar surface area (TPSA) is 97.6 Å². The summed E-state index contributed by atoms with van der Waals surface area (Å²) >= 11 is 0. The average molecular weight is 444 g/mol. The zero-order chi connectivity index (χ0) is 23.2. The van der Waals surface area contributed by atoms with Crippen LogP contribution < -0.4 is 4.74 Å². The van der Waals surface area contributed by atoms with E-state index < -0.39 is 17.7 Å². The third-order valence-electron chi connectivity index (χ3n) is 5.41. The first-order valence-electron chi connectivity index (χ1n) is 10.6. The maximum Gasteiger partial charge on any atom is 0.295 e. The number of carbonyl (C=O) groups excluding carboxylic acids is 2. The summed E-state index contributed by atoms with van der Waals surface area (Å²) in [5.41, 5.74) is 1.13. The minimum Gasteiger partial charge on any atom is -0.507 e. The number of aromatic nitrogens is 3. The fourth-order valence-electron chi connectivity index (χ4n) is 3.86. The molecule has 0 saturated carbocycles. The lowest BCUT2D eigenvalue weighted by Gasteiger charge is -2.25. The number of aliphatic hydroxyl groups excluding tert-OH is 1. The summed E-state index contributed by atoms with van der Waals surface area (Å²) in [5, 5.41) is 11.1. The van der Waals surface area contributed by atoms with Crippen molar-refractivity contribution in [1.82, 2.24) is 19.4 Å². The van der Waals surface area contributed by atoms with Crippen LogP contribution in [-0.4, -0.2) is 49.4 Å². The van der Waals surface area contributed by atoms with Crippen molar-refractivity contribution in [2.75, 3.05) is 13.2 Å². The number of amides is 1. The molecule has 0 bridgehead atoms. The Labute approximate surface area is 191 Å². The zero-order valence-corrected chi connectivity index (χ0v) is 18.0. The van der Waals surface area contributed by atoms with Crippen molar-refractivity contribution in [3.8, 4) is 5.75 Å². The van der Waals surface area contributed by atoms with Crippen molar-refractivity contribution < 1.29 is 19.4 Å². The lowest BCUT2D eigenvalue weighted by Crippen LogP contribution is -2.31. The van der Waals surface area contributed by atoms with Crippen LogP contribution in [0.1, 0.15) is 23.6 Å². The maximum atomic E-state index is 13.0. The van der Waals surface area contributed by atoms with Crippen LogP contribution in [0.5, 0.6) is 5.75 Å². The van der Waals surface area contributed by atoms with Gasteiger partial charge in [-0.1, -0.05) is 18.7 Å². The summed E-state index contributed by atoms with van der Waals surface area (Å²) < 4.78 is 7.38. The molecule has 0 unspecified atom stereocenters. The summed E-state index contributed by atoms with van der Waals surface area (Å²) in [7, 11) is 0. The number of imidazole rings is 1. The van der Waals surface area contributed by atoms with Gasteiger partial charge >= 0.3 is 0 Å². The van der Waals surface area contributed by atoms with Crippen LogP contribution >= 0.6 is 0 Å². The highest BCUT2D eigenvalue weighted by Gasteiger charge is 2.45. The van der Waals surface area contributed by atoms with Gasteiger partial charge in [-0.15, -0.1) is 0 Å². The molecule has 1 N–H and O–H groups in total. The standard InChI is InChI=1S/C25H24N4O4/c1-2-15-33-20-8-6-18(7-9-20)23(30)21-22(19-5-3-10-26-16-19)29(25(32)24(21)31)13-4-12-28-14-11-27-17-28/h2-3,5-11,14,16-17,22,30H,1,4,12-13,15H2/b23-21+/t22-/m1/s1. The minimum atomic E-state index is -0.724. The molecule has 0 radical (unpaired) electrons. The number of ether oxygens (including phenoxy) is 1. The van der Waals surface area contributed by atoms with Crippen LogP contribution in [0.25, 0.3) is 5.76 Å². The van der Waals surface area contributed by atoms with Gasteiger partial charge in [0.2, 0.25) is 0 Å². The number of carbonyl (C=O) groups is 2. The predicted octanol–water partition coefficient (Wildman–Crippen LogP) is 3.35. The molecule has 0 spiro atoms. The average Bonchev–Trinajstić information content (AvgIpc) is 3.45. The lowest BCUT2D eigenvalue weighted by molar-refractivity contribution is -0.139. The summed E-state index contributed by atoms with van der Waals surface area (Å²) in [6.07, 6.45) is 10.7. The predicted molar refractivity (Wildman–Crippen MR) is 122 cm³/mol. The van der Waals surface area contributed by atoms with Gasteiger partial charge in [0.1, 0.15) is 18.1 Å². The van der Waals surface area contributed by atoms with Crippen LogP contribution in [0.3, 0.4) is 0 Å². The molecule has 1 aliphatic heterocycles. The second-order valence-electron chi connectivity index (χ2n) is 7.56. The fourth-order valence-corrected chi connectivity index (χ4v) is 3.86. The molecule has 3 aromatic rings. The second kappa shape index (κ2) is 9.95. The van der Waals surface area contributed by atoms with Crippen LogP contribution in [-0.2, 0) is 16.1 Å². The van der Waals surface area contributed by atoms with E-state index in [1.165, 1.54) is 4.90 Å². The highest BCUT2D eigenvalue weighted by atomic mass is 16.5. The van der Waals surface area contributed by atoms with Gasteiger partial charge in [-0.3, -0.25) is 14.6 Å². The maximum absolute atomic E-state index is 13.0. The summed E-state index contributed by atoms with van der Waals surface area (Å²) in [6, 6.07) is 9.51. The van der Waals surface area contributed by atoms with Gasteiger partial charge in [-0.05, 0) is 42.3 Å². The van der Waals surface area contributed by atoms with E-state index >= 15 is 0 Å². The van der Waals surface area contributed by atoms with Gasteiger partial charge in [-0.2, -0.15) is 0 Å². The van der Waals surface area contributed by atoms with E-state index in [2.05, 4.69) is 16.5 Å². The molecule has 8 heteroatoms. The van der Waals surface area contributed by atoms with Crippen molar-refractivity contribution in [1.29, 1.82) is 0 Å². The van der Waals surface area contributed by atoms with Crippen LogP contribution in [0, 0.1) is 0 Å². The lowest BCUT2D eigenvalue weighted by atomic mass is 9.96. The summed E-state index contributed by atoms with van der Waals surface area (Å²) in [4.78, 5) is 35.7. The molecule has 3 heterocycles. The van der Waals surface area contributed by atoms with Gasteiger partial charge in [0, 0.05) is 43.4 Å². The summed E-state index contributed by atoms with van der Waals surface area (Å²) in [6.45, 7) is 4.96. The Balaban J connectivity index is 1.66. The van der Waals surface area contributed by atoms with Crippen molar-refractivity contribution in [2.24, 2.45) is 0 Å². The van der Waals surface area contributed by atoms with Gasteiger partial charge < -0.3 is 19.3 Å². The zero-order valence-electron chi connectivity index (χ0n) is 18.0. The molecule has 1 aromatic carbocycles. The van der Waals surface area contributed by atoms with E-state index in [0.717, 1.165) is 0 Å². The number of nitrogens with zero attached hydrogens (tertiary/aromatic N) is 4. The first kappa shape index (κ1) is 22.0. The third-order valence-corrected chi connectivity index (χ3v) is 5.41. The molecule has 168 valence electrons. The van der Waals surface area contributed by atoms with Crippen LogP contribution in [0.2, 0.25) is 0 Å². The molecular formula is C25H24N4O4. The van der Waals surface area contributed by atoms with Crippen molar-refractivity contribution >= 4 is 17.4 Å². The van der Waals surface area contributed by atoms with Gasteiger partial charge in [-0.25, -0.2) is 4.98 Å². The van der Waals surface area contributed by atoms with Crippen LogP contribution in [0.4, 0.5) is 0 Å². The van der Waals surface area contributed by atoms with E-state index in [0.29, 0.717) is 43.0 Å². The van der Waals surface area contributed by atoms with E-state index in [-0.39, 0.29) is 11.3 Å². The molecule has 1 fully saturated rings. The fraction of sp³-hybridized carbons (Fsp3) is 0.200. The first-order chi connectivity index (χ1) is 16.1. The number of benzene rings is 1. The van der Waals surface area contributed by atoms with E-state index in [4.69, 9.17) is 4.74 Å². The molecule has 33 heavy (non-hydrogen) atoms. The quantitative estimate of drug-likeness (QED) is 0.235. The number of hydrogen-bond acceptors (Lipinski definition) is 6. The number of Topliss-reactive ketones (excluding diaryl/α,β-unsaturated/α-hetero) is 1. The van der Waals surface area contributed by atoms with Gasteiger partial charge in [0.15, 0.2) is 0 Å². The van der Waals surface area contributed by atoms with E-state index in [9.17, 15) is 14.7 Å². The number of ketones is 1. The van der Waals surface area contributed by atoms with Crippen LogP contribution in [0.15, 0.2) is 85.7 Å². The monoisotopic (exact) mass is 444 g/mol. The van der Waals surface area contributed by atoms with E-state index in [1.54, 1.807) is 67.4 Å². The normalized spacial score (nSPS) is 17.3. The molecular weight excluding hydrogens is 420 g/mol. The minimum absolute atomic E-state index is 0.0513. The molecule has 1 atom stereocenters. The number of likely N-dealkylation sites (tertiary alicyclic amines) is 1. The smallest absolute Gasteiger partial charge is 0.295 e. The first-order valence-corrected chi connectivity index (χ1v) is 10.6. The Hall–Kier alpha value is -4.20. The number of aliphatic hydroxyl groups is 1. The highest BCUT2D eigenvalue weighted by molar-refractivity contribution is 6.46. The SMILES string of the molecule is C=CCOc1ccc(/C(O)=C2\C(=O)C(=O)N(CCCn3ccnc3)[C@@H]2c2cccnc2)cc1. The van der Waals surface area contributed by atoms with Crippen molar-refractivity contribution in [3.63, 3.8) is 0 Å². The Bertz CT molecular complexity index is 1150. The molecule has 4 rings (SSSR count). The number of rotatable bonds is 9.